The summed E-state index contributed by atoms with van der Waals surface area (Å²) in [6, 6.07) is 15.7. The van der Waals surface area contributed by atoms with Crippen LogP contribution in [-0.2, 0) is 6.42 Å². The summed E-state index contributed by atoms with van der Waals surface area (Å²) >= 11 is 0. The summed E-state index contributed by atoms with van der Waals surface area (Å²) in [4.78, 5) is 14.2. The van der Waals surface area contributed by atoms with Crippen LogP contribution in [0.2, 0.25) is 0 Å². The van der Waals surface area contributed by atoms with Gasteiger partial charge in [-0.05, 0) is 55.9 Å². The molecule has 27 heavy (non-hydrogen) atoms. The van der Waals surface area contributed by atoms with Crippen LogP contribution in [0.25, 0.3) is 0 Å². The fraction of sp³-hybridized carbons (Fsp3) is 0.381. The Bertz CT molecular complexity index is 700. The van der Waals surface area contributed by atoms with E-state index in [1.807, 2.05) is 62.6 Å². The van der Waals surface area contributed by atoms with Gasteiger partial charge in [-0.25, -0.2) is 4.79 Å². The van der Waals surface area contributed by atoms with Crippen molar-refractivity contribution in [3.05, 3.63) is 59.7 Å². The lowest BCUT2D eigenvalue weighted by molar-refractivity contribution is 0.233. The second-order valence-electron chi connectivity index (χ2n) is 6.49. The average Bonchev–Trinajstić information content (AvgIpc) is 2.69. The van der Waals surface area contributed by atoms with Gasteiger partial charge in [0.05, 0.1) is 20.3 Å². The van der Waals surface area contributed by atoms with Crippen LogP contribution in [0.15, 0.2) is 48.5 Å². The number of hydrogen-bond donors (Lipinski definition) is 2. The Morgan fingerprint density at radius 3 is 2.00 bits per heavy atom. The third kappa shape index (κ3) is 6.49. The normalized spacial score (nSPS) is 11.7. The number of benzene rings is 2. The summed E-state index contributed by atoms with van der Waals surface area (Å²) in [5, 5.41) is 5.86. The van der Waals surface area contributed by atoms with E-state index in [4.69, 9.17) is 9.47 Å². The van der Waals surface area contributed by atoms with Gasteiger partial charge < -0.3 is 25.0 Å². The molecule has 2 aromatic carbocycles. The van der Waals surface area contributed by atoms with E-state index < -0.39 is 0 Å². The predicted octanol–water partition coefficient (Wildman–Crippen LogP) is 2.85. The lowest BCUT2D eigenvalue weighted by Crippen LogP contribution is -2.41. The van der Waals surface area contributed by atoms with Crippen LogP contribution >= 0.6 is 0 Å². The van der Waals surface area contributed by atoms with Gasteiger partial charge in [0.2, 0.25) is 0 Å². The largest absolute Gasteiger partial charge is 0.497 e. The summed E-state index contributed by atoms with van der Waals surface area (Å²) in [7, 11) is 7.29. The Morgan fingerprint density at radius 2 is 1.48 bits per heavy atom. The van der Waals surface area contributed by atoms with Crippen LogP contribution in [0.5, 0.6) is 11.5 Å². The third-order valence-corrected chi connectivity index (χ3v) is 4.44. The maximum absolute atomic E-state index is 12.1. The molecule has 146 valence electrons. The number of likely N-dealkylation sites (N-methyl/N-ethyl adjacent to an activating group) is 1. The minimum atomic E-state index is -0.163. The SMILES string of the molecule is COc1ccc(CCNC(=O)NCC(c2ccc(OC)cc2)N(C)C)cc1. The molecule has 0 aliphatic rings. The van der Waals surface area contributed by atoms with Crippen molar-refractivity contribution >= 4 is 6.03 Å². The van der Waals surface area contributed by atoms with Crippen molar-refractivity contribution in [3.8, 4) is 11.5 Å². The number of methoxy groups -OCH3 is 2. The molecule has 0 radical (unpaired) electrons. The highest BCUT2D eigenvalue weighted by Crippen LogP contribution is 2.20. The van der Waals surface area contributed by atoms with Crippen molar-refractivity contribution in [2.45, 2.75) is 12.5 Å². The highest BCUT2D eigenvalue weighted by Gasteiger charge is 2.15. The van der Waals surface area contributed by atoms with Crippen LogP contribution in [0.4, 0.5) is 4.79 Å². The Morgan fingerprint density at radius 1 is 0.926 bits per heavy atom. The molecule has 1 unspecified atom stereocenters. The molecule has 1 atom stereocenters. The molecule has 0 saturated carbocycles. The second-order valence-corrected chi connectivity index (χ2v) is 6.49. The molecule has 0 fully saturated rings. The first-order valence-corrected chi connectivity index (χ1v) is 8.98. The Hall–Kier alpha value is -2.73. The topological polar surface area (TPSA) is 62.8 Å². The number of carbonyl (C=O) groups excluding carboxylic acids is 1. The summed E-state index contributed by atoms with van der Waals surface area (Å²) in [5.74, 6) is 1.65. The van der Waals surface area contributed by atoms with E-state index in [0.717, 1.165) is 29.0 Å². The van der Waals surface area contributed by atoms with Crippen LogP contribution in [0, 0.1) is 0 Å². The zero-order valence-corrected chi connectivity index (χ0v) is 16.5. The molecule has 2 amide bonds. The van der Waals surface area contributed by atoms with E-state index in [2.05, 4.69) is 15.5 Å². The van der Waals surface area contributed by atoms with Crippen molar-refractivity contribution in [2.24, 2.45) is 0 Å². The number of ether oxygens (including phenoxy) is 2. The number of amides is 2. The van der Waals surface area contributed by atoms with Crippen LogP contribution in [0.1, 0.15) is 17.2 Å². The molecular weight excluding hydrogens is 342 g/mol. The van der Waals surface area contributed by atoms with Crippen LogP contribution in [0.3, 0.4) is 0 Å². The first-order valence-electron chi connectivity index (χ1n) is 8.98. The predicted molar refractivity (Wildman–Crippen MR) is 108 cm³/mol. The molecule has 0 heterocycles. The number of nitrogens with zero attached hydrogens (tertiary/aromatic N) is 1. The van der Waals surface area contributed by atoms with Gasteiger partial charge in [-0.1, -0.05) is 24.3 Å². The molecule has 6 nitrogen and oxygen atoms in total. The highest BCUT2D eigenvalue weighted by atomic mass is 16.5. The fourth-order valence-electron chi connectivity index (χ4n) is 2.79. The molecule has 2 aromatic rings. The van der Waals surface area contributed by atoms with Gasteiger partial charge in [-0.3, -0.25) is 0 Å². The molecule has 2 rings (SSSR count). The molecule has 0 saturated heterocycles. The molecule has 0 aliphatic heterocycles. The summed E-state index contributed by atoms with van der Waals surface area (Å²) in [6.07, 6.45) is 0.771. The van der Waals surface area contributed by atoms with Crippen molar-refractivity contribution < 1.29 is 14.3 Å². The smallest absolute Gasteiger partial charge is 0.314 e. The van der Waals surface area contributed by atoms with E-state index in [-0.39, 0.29) is 12.1 Å². The van der Waals surface area contributed by atoms with Crippen molar-refractivity contribution in [1.29, 1.82) is 0 Å². The Labute approximate surface area is 161 Å². The first-order chi connectivity index (χ1) is 13.0. The van der Waals surface area contributed by atoms with Crippen molar-refractivity contribution in [1.82, 2.24) is 15.5 Å². The minimum absolute atomic E-state index is 0.0863. The Balaban J connectivity index is 1.79. The van der Waals surface area contributed by atoms with Crippen molar-refractivity contribution in [3.63, 3.8) is 0 Å². The zero-order chi connectivity index (χ0) is 19.6. The lowest BCUT2D eigenvalue weighted by atomic mass is 10.1. The summed E-state index contributed by atoms with van der Waals surface area (Å²) in [6.45, 7) is 1.10. The van der Waals surface area contributed by atoms with E-state index in [1.165, 1.54) is 0 Å². The van der Waals surface area contributed by atoms with Gasteiger partial charge in [0.1, 0.15) is 11.5 Å². The lowest BCUT2D eigenvalue weighted by Gasteiger charge is -2.25. The van der Waals surface area contributed by atoms with Crippen LogP contribution < -0.4 is 20.1 Å². The fourth-order valence-corrected chi connectivity index (χ4v) is 2.79. The molecule has 6 heteroatoms. The second kappa shape index (κ2) is 10.4. The van der Waals surface area contributed by atoms with Gasteiger partial charge in [0.15, 0.2) is 0 Å². The number of rotatable bonds is 9. The van der Waals surface area contributed by atoms with E-state index >= 15 is 0 Å². The highest BCUT2D eigenvalue weighted by molar-refractivity contribution is 5.73. The van der Waals surface area contributed by atoms with Gasteiger partial charge in [0.25, 0.3) is 0 Å². The molecule has 2 N–H and O–H groups in total. The maximum Gasteiger partial charge on any atom is 0.314 e. The third-order valence-electron chi connectivity index (χ3n) is 4.44. The first kappa shape index (κ1) is 20.6. The van der Waals surface area contributed by atoms with E-state index in [9.17, 15) is 4.79 Å². The minimum Gasteiger partial charge on any atom is -0.497 e. The maximum atomic E-state index is 12.1. The van der Waals surface area contributed by atoms with Gasteiger partial charge in [-0.2, -0.15) is 0 Å². The molecule has 0 aliphatic carbocycles. The quantitative estimate of drug-likeness (QED) is 0.712. The zero-order valence-electron chi connectivity index (χ0n) is 16.5. The summed E-state index contributed by atoms with van der Waals surface area (Å²) in [5.41, 5.74) is 2.28. The van der Waals surface area contributed by atoms with Gasteiger partial charge in [0, 0.05) is 13.1 Å². The van der Waals surface area contributed by atoms with Crippen LogP contribution in [-0.4, -0.2) is 52.3 Å². The average molecular weight is 371 g/mol. The summed E-state index contributed by atoms with van der Waals surface area (Å²) < 4.78 is 10.3. The van der Waals surface area contributed by atoms with E-state index in [0.29, 0.717) is 13.1 Å². The monoisotopic (exact) mass is 371 g/mol. The molecular formula is C21H29N3O3. The number of nitrogens with one attached hydrogen (secondary N) is 2. The van der Waals surface area contributed by atoms with Crippen molar-refractivity contribution in [2.75, 3.05) is 41.4 Å². The van der Waals surface area contributed by atoms with Gasteiger partial charge in [-0.15, -0.1) is 0 Å². The standard InChI is InChI=1S/C21H29N3O3/c1-24(2)20(17-7-11-19(27-4)12-8-17)15-23-21(25)22-14-13-16-5-9-18(26-3)10-6-16/h5-12,20H,13-15H2,1-4H3,(H2,22,23,25). The van der Waals surface area contributed by atoms with Gasteiger partial charge >= 0.3 is 6.03 Å². The number of carbonyl (C=O) groups is 1. The number of urea groups is 1. The Kier molecular flexibility index (Phi) is 7.95. The van der Waals surface area contributed by atoms with E-state index in [1.54, 1.807) is 14.2 Å². The number of hydrogen-bond acceptors (Lipinski definition) is 4. The molecule has 0 spiro atoms. The molecule has 0 bridgehead atoms. The molecule has 0 aromatic heterocycles.